The van der Waals surface area contributed by atoms with Crippen LogP contribution < -0.4 is 5.73 Å². The molecule has 0 heterocycles. The van der Waals surface area contributed by atoms with Gasteiger partial charge in [-0.3, -0.25) is 0 Å². The van der Waals surface area contributed by atoms with Crippen molar-refractivity contribution in [2.24, 2.45) is 5.73 Å². The average Bonchev–Trinajstić information content (AvgIpc) is 1.58. The van der Waals surface area contributed by atoms with Gasteiger partial charge in [0.25, 0.3) is 0 Å². The number of likely N-dealkylation sites (N-methyl/N-ethyl adjacent to an activating group) is 1. The van der Waals surface area contributed by atoms with Gasteiger partial charge >= 0.3 is 0 Å². The summed E-state index contributed by atoms with van der Waals surface area (Å²) in [5.41, 5.74) is 4.67. The summed E-state index contributed by atoms with van der Waals surface area (Å²) in [6, 6.07) is 0. The summed E-state index contributed by atoms with van der Waals surface area (Å²) in [7, 11) is 6.16. The normalized spacial score (nSPS) is 13.4. The molecule has 0 spiro atoms. The fraction of sp³-hybridized carbons (Fsp3) is 1.00. The summed E-state index contributed by atoms with van der Waals surface area (Å²) < 4.78 is 0.844. The monoisotopic (exact) mass is 165 g/mol. The van der Waals surface area contributed by atoms with E-state index < -0.39 is 6.23 Å². The maximum absolute atomic E-state index is 8.39. The van der Waals surface area contributed by atoms with E-state index in [-0.39, 0.29) is 6.61 Å². The Labute approximate surface area is 68.8 Å². The van der Waals surface area contributed by atoms with Gasteiger partial charge in [-0.1, -0.05) is 0 Å². The molecule has 0 aliphatic rings. The molecule has 11 heavy (non-hydrogen) atoms. The summed E-state index contributed by atoms with van der Waals surface area (Å²) in [5, 5.41) is 16.2. The van der Waals surface area contributed by atoms with Crippen molar-refractivity contribution in [2.45, 2.75) is 13.2 Å². The highest BCUT2D eigenvalue weighted by molar-refractivity contribution is 4.19. The molecular formula is C7H21N2O2+. The topological polar surface area (TPSA) is 66.5 Å². The first-order chi connectivity index (χ1) is 4.79. The van der Waals surface area contributed by atoms with Crippen LogP contribution >= 0.6 is 0 Å². The van der Waals surface area contributed by atoms with Gasteiger partial charge in [-0.25, -0.2) is 0 Å². The van der Waals surface area contributed by atoms with E-state index in [1.807, 2.05) is 0 Å². The van der Waals surface area contributed by atoms with E-state index in [4.69, 9.17) is 10.2 Å². The van der Waals surface area contributed by atoms with E-state index in [1.54, 1.807) is 0 Å². The van der Waals surface area contributed by atoms with Gasteiger partial charge in [0.15, 0.2) is 0 Å². The third-order valence-corrected chi connectivity index (χ3v) is 0.771. The van der Waals surface area contributed by atoms with E-state index in [2.05, 4.69) is 26.9 Å². The van der Waals surface area contributed by atoms with Crippen molar-refractivity contribution >= 4 is 0 Å². The molecule has 0 aromatic rings. The van der Waals surface area contributed by atoms with Crippen molar-refractivity contribution in [3.05, 3.63) is 0 Å². The van der Waals surface area contributed by atoms with E-state index in [1.165, 1.54) is 6.92 Å². The standard InChI is InChI=1S/C5H14NO.C2H7NO/c1-6(2,3)4-5-7;1-2(3)4/h7H,4-5H2,1-3H3;2,4H,3H2,1H3/q+1;. The second-order valence-electron chi connectivity index (χ2n) is 3.48. The smallest absolute Gasteiger partial charge is 0.101 e. The largest absolute Gasteiger partial charge is 0.391 e. The molecule has 70 valence electrons. The highest BCUT2D eigenvalue weighted by Gasteiger charge is 2.02. The van der Waals surface area contributed by atoms with Crippen molar-refractivity contribution in [2.75, 3.05) is 34.3 Å². The lowest BCUT2D eigenvalue weighted by molar-refractivity contribution is -0.870. The minimum absolute atomic E-state index is 0.281. The molecule has 0 aromatic heterocycles. The Morgan fingerprint density at radius 3 is 1.64 bits per heavy atom. The zero-order valence-corrected chi connectivity index (χ0v) is 7.91. The first kappa shape index (κ1) is 13.4. The number of nitrogens with zero attached hydrogens (tertiary/aromatic N) is 1. The van der Waals surface area contributed by atoms with Crippen molar-refractivity contribution < 1.29 is 14.7 Å². The predicted octanol–water partition coefficient (Wildman–Crippen LogP) is -1.03. The Kier molecular flexibility index (Phi) is 7.99. The number of nitrogens with two attached hydrogens (primary N) is 1. The molecule has 4 nitrogen and oxygen atoms in total. The highest BCUT2D eigenvalue weighted by atomic mass is 16.3. The number of rotatable bonds is 2. The van der Waals surface area contributed by atoms with E-state index in [0.717, 1.165) is 11.0 Å². The lowest BCUT2D eigenvalue weighted by atomic mass is 10.5. The lowest BCUT2D eigenvalue weighted by Gasteiger charge is -2.21. The minimum Gasteiger partial charge on any atom is -0.391 e. The van der Waals surface area contributed by atoms with Crippen molar-refractivity contribution in [3.8, 4) is 0 Å². The van der Waals surface area contributed by atoms with Gasteiger partial charge in [-0.2, -0.15) is 0 Å². The van der Waals surface area contributed by atoms with Crippen LogP contribution in [0.4, 0.5) is 0 Å². The summed E-state index contributed by atoms with van der Waals surface area (Å²) in [5.74, 6) is 0. The van der Waals surface area contributed by atoms with Gasteiger partial charge in [0.1, 0.15) is 6.54 Å². The second-order valence-corrected chi connectivity index (χ2v) is 3.48. The van der Waals surface area contributed by atoms with E-state index in [0.29, 0.717) is 0 Å². The molecule has 0 aliphatic heterocycles. The fourth-order valence-electron chi connectivity index (χ4n) is 0.300. The van der Waals surface area contributed by atoms with Crippen LogP contribution in [0.25, 0.3) is 0 Å². The van der Waals surface area contributed by atoms with Crippen LogP contribution in [-0.2, 0) is 0 Å². The number of hydrogen-bond acceptors (Lipinski definition) is 3. The Morgan fingerprint density at radius 2 is 1.64 bits per heavy atom. The molecule has 0 bridgehead atoms. The molecule has 0 rings (SSSR count). The number of quaternary nitrogens is 1. The molecule has 1 unspecified atom stereocenters. The summed E-state index contributed by atoms with van der Waals surface area (Å²) in [6.07, 6.45) is -0.667. The van der Waals surface area contributed by atoms with Crippen LogP contribution in [0, 0.1) is 0 Å². The molecule has 4 N–H and O–H groups in total. The van der Waals surface area contributed by atoms with Crippen LogP contribution in [0.15, 0.2) is 0 Å². The van der Waals surface area contributed by atoms with Gasteiger partial charge < -0.3 is 20.4 Å². The minimum atomic E-state index is -0.667. The van der Waals surface area contributed by atoms with Gasteiger partial charge in [-0.15, -0.1) is 0 Å². The molecule has 0 aromatic carbocycles. The molecule has 0 saturated carbocycles. The molecule has 0 radical (unpaired) electrons. The molecule has 0 aliphatic carbocycles. The van der Waals surface area contributed by atoms with Crippen LogP contribution in [0.3, 0.4) is 0 Å². The Hall–Kier alpha value is -0.160. The van der Waals surface area contributed by atoms with Gasteiger partial charge in [-0.05, 0) is 6.92 Å². The summed E-state index contributed by atoms with van der Waals surface area (Å²) in [6.45, 7) is 2.61. The number of aliphatic hydroxyl groups is 2. The molecular weight excluding hydrogens is 144 g/mol. The van der Waals surface area contributed by atoms with Crippen molar-refractivity contribution in [1.82, 2.24) is 0 Å². The molecule has 0 fully saturated rings. The van der Waals surface area contributed by atoms with E-state index in [9.17, 15) is 0 Å². The maximum atomic E-state index is 8.39. The Morgan fingerprint density at radius 1 is 1.36 bits per heavy atom. The first-order valence-electron chi connectivity index (χ1n) is 3.64. The number of aliphatic hydroxyl groups excluding tert-OH is 2. The van der Waals surface area contributed by atoms with Gasteiger partial charge in [0.05, 0.1) is 34.0 Å². The fourth-order valence-corrected chi connectivity index (χ4v) is 0.300. The summed E-state index contributed by atoms with van der Waals surface area (Å²) in [4.78, 5) is 0. The number of hydrogen-bond donors (Lipinski definition) is 3. The van der Waals surface area contributed by atoms with Crippen LogP contribution in [0.1, 0.15) is 6.92 Å². The van der Waals surface area contributed by atoms with Crippen molar-refractivity contribution in [1.29, 1.82) is 0 Å². The molecule has 1 atom stereocenters. The second kappa shape index (κ2) is 6.54. The van der Waals surface area contributed by atoms with Crippen LogP contribution in [0.2, 0.25) is 0 Å². The molecule has 0 amide bonds. The van der Waals surface area contributed by atoms with Crippen LogP contribution in [-0.4, -0.2) is 55.2 Å². The lowest BCUT2D eigenvalue weighted by Crippen LogP contribution is -2.36. The molecule has 0 saturated heterocycles. The zero-order chi connectivity index (χ0) is 9.49. The highest BCUT2D eigenvalue weighted by Crippen LogP contribution is 1.84. The third-order valence-electron chi connectivity index (χ3n) is 0.771. The zero-order valence-electron chi connectivity index (χ0n) is 7.91. The third kappa shape index (κ3) is 41.0. The summed E-state index contributed by atoms with van der Waals surface area (Å²) >= 11 is 0. The van der Waals surface area contributed by atoms with Gasteiger partial charge in [0.2, 0.25) is 0 Å². The first-order valence-corrected chi connectivity index (χ1v) is 3.64. The van der Waals surface area contributed by atoms with Crippen LogP contribution in [0.5, 0.6) is 0 Å². The van der Waals surface area contributed by atoms with Gasteiger partial charge in [0, 0.05) is 0 Å². The average molecular weight is 165 g/mol. The van der Waals surface area contributed by atoms with E-state index >= 15 is 0 Å². The maximum Gasteiger partial charge on any atom is 0.101 e. The Balaban J connectivity index is 0. The molecule has 4 heteroatoms. The predicted molar refractivity (Wildman–Crippen MR) is 45.9 cm³/mol. The van der Waals surface area contributed by atoms with Crippen molar-refractivity contribution in [3.63, 3.8) is 0 Å². The Bertz CT molecular complexity index is 76.2. The quantitative estimate of drug-likeness (QED) is 0.362. The SMILES string of the molecule is CC(N)O.C[N+](C)(C)CCO.